The normalized spacial score (nSPS) is 18.0. The number of hydrogen-bond acceptors (Lipinski definition) is 5. The first-order valence-electron chi connectivity index (χ1n) is 8.38. The largest absolute Gasteiger partial charge is 0.461 e. The highest BCUT2D eigenvalue weighted by Gasteiger charge is 2.29. The molecule has 3 aromatic rings. The zero-order valence-electron chi connectivity index (χ0n) is 13.9. The zero-order valence-corrected chi connectivity index (χ0v) is 13.9. The highest BCUT2D eigenvalue weighted by atomic mass is 16.5. The van der Waals surface area contributed by atoms with Crippen LogP contribution >= 0.6 is 0 Å². The topological polar surface area (TPSA) is 86.1 Å². The Morgan fingerprint density at radius 2 is 2.40 bits per heavy atom. The van der Waals surface area contributed by atoms with Crippen LogP contribution < -0.4 is 5.32 Å². The van der Waals surface area contributed by atoms with Gasteiger partial charge in [-0.1, -0.05) is 5.16 Å². The number of rotatable bonds is 5. The first-order valence-corrected chi connectivity index (χ1v) is 8.38. The molecule has 1 aliphatic carbocycles. The molecule has 25 heavy (non-hydrogen) atoms. The first-order chi connectivity index (χ1) is 12.2. The van der Waals surface area contributed by atoms with Crippen LogP contribution in [0, 0.1) is 12.3 Å². The van der Waals surface area contributed by atoms with E-state index in [1.807, 2.05) is 10.9 Å². The summed E-state index contributed by atoms with van der Waals surface area (Å²) < 4.78 is 12.3. The number of nitrogens with zero attached hydrogens (tertiary/aromatic N) is 3. The molecule has 0 bridgehead atoms. The summed E-state index contributed by atoms with van der Waals surface area (Å²) >= 11 is 0. The molecule has 0 aliphatic heterocycles. The monoisotopic (exact) mass is 339 g/mol. The number of aromatic nitrogens is 3. The van der Waals surface area contributed by atoms with Crippen LogP contribution in [0.4, 0.5) is 5.69 Å². The van der Waals surface area contributed by atoms with Crippen LogP contribution in [0.1, 0.15) is 42.7 Å². The predicted octanol–water partition coefficient (Wildman–Crippen LogP) is 3.95. The fraction of sp³-hybridized carbons (Fsp3) is 0.333. The number of carbonyl (C=O) groups is 1. The highest BCUT2D eigenvalue weighted by molar-refractivity contribution is 6.03. The summed E-state index contributed by atoms with van der Waals surface area (Å²) in [5.41, 5.74) is 0.832. The molecule has 3 aromatic heterocycles. The molecule has 3 heterocycles. The molecule has 2 unspecified atom stereocenters. The van der Waals surface area contributed by atoms with E-state index in [1.54, 1.807) is 24.4 Å². The van der Waals surface area contributed by atoms with Gasteiger partial charge >= 0.3 is 0 Å². The van der Waals surface area contributed by atoms with Crippen LogP contribution in [0.15, 0.2) is 45.8 Å². The number of carbonyl (C=O) groups excluding carboxylic acids is 1. The maximum absolute atomic E-state index is 12.3. The summed E-state index contributed by atoms with van der Waals surface area (Å²) in [6.07, 6.45) is 10.9. The molecule has 0 aromatic carbocycles. The molecule has 0 saturated heterocycles. The van der Waals surface area contributed by atoms with Crippen molar-refractivity contribution in [3.8, 4) is 11.5 Å². The maximum atomic E-state index is 12.3. The molecule has 7 nitrogen and oxygen atoms in total. The average Bonchev–Trinajstić information content (AvgIpc) is 3.42. The van der Waals surface area contributed by atoms with Crippen LogP contribution in [0.25, 0.3) is 11.5 Å². The van der Waals surface area contributed by atoms with Crippen LogP contribution in [-0.2, 0) is 0 Å². The van der Waals surface area contributed by atoms with Crippen molar-refractivity contribution in [3.05, 3.63) is 49.0 Å². The summed E-state index contributed by atoms with van der Waals surface area (Å²) in [5.74, 6) is 1.20. The molecule has 2 atom stereocenters. The Morgan fingerprint density at radius 3 is 3.16 bits per heavy atom. The molecule has 1 N–H and O–H groups in total. The second-order valence-electron chi connectivity index (χ2n) is 6.32. The predicted molar refractivity (Wildman–Crippen MR) is 90.7 cm³/mol. The van der Waals surface area contributed by atoms with Gasteiger partial charge in [-0.05, 0) is 25.5 Å². The van der Waals surface area contributed by atoms with Gasteiger partial charge in [-0.25, -0.2) is 0 Å². The molecule has 1 amide bonds. The van der Waals surface area contributed by atoms with Gasteiger partial charge < -0.3 is 14.3 Å². The van der Waals surface area contributed by atoms with Crippen LogP contribution in [0.2, 0.25) is 0 Å². The lowest BCUT2D eigenvalue weighted by molar-refractivity contribution is 0.101. The molecule has 1 fully saturated rings. The molecule has 4 rings (SSSR count). The van der Waals surface area contributed by atoms with E-state index in [-0.39, 0.29) is 11.6 Å². The maximum Gasteiger partial charge on any atom is 0.277 e. The van der Waals surface area contributed by atoms with E-state index in [1.165, 1.54) is 19.1 Å². The van der Waals surface area contributed by atoms with Gasteiger partial charge in [-0.3, -0.25) is 9.48 Å². The van der Waals surface area contributed by atoms with E-state index < -0.39 is 0 Å². The fourth-order valence-electron chi connectivity index (χ4n) is 3.17. The lowest BCUT2D eigenvalue weighted by Crippen LogP contribution is -2.15. The standard InChI is InChI=1S/C18H18N4O3/c1-12(13-5-2-3-6-13)22-11-14(10-19-22)20-18(23)15-9-17(25-21-15)16-7-4-8-24-16/h2,4,7-13H,3,5-6H2,1H3/p+1. The average molecular weight is 339 g/mol. The van der Waals surface area contributed by atoms with Crippen molar-refractivity contribution in [1.82, 2.24) is 14.9 Å². The van der Waals surface area contributed by atoms with E-state index in [9.17, 15) is 4.79 Å². The van der Waals surface area contributed by atoms with Crippen LogP contribution in [0.3, 0.4) is 0 Å². The van der Waals surface area contributed by atoms with Gasteiger partial charge in [-0.15, -0.1) is 0 Å². The van der Waals surface area contributed by atoms with Gasteiger partial charge in [0.05, 0.1) is 43.5 Å². The number of anilines is 1. The lowest BCUT2D eigenvalue weighted by atomic mass is 10.0. The van der Waals surface area contributed by atoms with Crippen molar-refractivity contribution in [2.24, 2.45) is 5.92 Å². The molecule has 0 radical (unpaired) electrons. The second kappa shape index (κ2) is 6.51. The number of furan rings is 1. The van der Waals surface area contributed by atoms with E-state index in [4.69, 9.17) is 8.94 Å². The summed E-state index contributed by atoms with van der Waals surface area (Å²) in [6.45, 7) is 2.16. The van der Waals surface area contributed by atoms with Crippen molar-refractivity contribution in [3.63, 3.8) is 0 Å². The molecule has 0 spiro atoms. The minimum atomic E-state index is -0.344. The quantitative estimate of drug-likeness (QED) is 0.711. The Balaban J connectivity index is 1.43. The lowest BCUT2D eigenvalue weighted by Gasteiger charge is -2.16. The Kier molecular flexibility index (Phi) is 4.05. The third kappa shape index (κ3) is 3.17. The van der Waals surface area contributed by atoms with Crippen molar-refractivity contribution >= 4 is 11.6 Å². The summed E-state index contributed by atoms with van der Waals surface area (Å²) in [5, 5.41) is 11.0. The summed E-state index contributed by atoms with van der Waals surface area (Å²) in [6, 6.07) is 5.35. The van der Waals surface area contributed by atoms with Crippen LogP contribution in [0.5, 0.6) is 0 Å². The van der Waals surface area contributed by atoms with E-state index >= 15 is 0 Å². The number of amides is 1. The molecule has 1 saturated carbocycles. The smallest absolute Gasteiger partial charge is 0.277 e. The Morgan fingerprint density at radius 1 is 1.48 bits per heavy atom. The van der Waals surface area contributed by atoms with Crippen LogP contribution in [-0.4, -0.2) is 20.8 Å². The first kappa shape index (κ1) is 15.6. The third-order valence-electron chi connectivity index (χ3n) is 4.68. The fourth-order valence-corrected chi connectivity index (χ4v) is 3.17. The minimum Gasteiger partial charge on any atom is -0.461 e. The van der Waals surface area contributed by atoms with Gasteiger partial charge in [-0.2, -0.15) is 5.10 Å². The van der Waals surface area contributed by atoms with E-state index in [0.717, 1.165) is 6.42 Å². The summed E-state index contributed by atoms with van der Waals surface area (Å²) in [7, 11) is 0. The molecule has 128 valence electrons. The molecular formula is C18H19N4O3+. The van der Waals surface area contributed by atoms with Gasteiger partial charge in [0.2, 0.25) is 5.76 Å². The third-order valence-corrected chi connectivity index (χ3v) is 4.68. The number of hydrogen-bond donors (Lipinski definition) is 1. The van der Waals surface area contributed by atoms with Gasteiger partial charge in [0.15, 0.2) is 11.5 Å². The second-order valence-corrected chi connectivity index (χ2v) is 6.32. The Hall–Kier alpha value is -2.96. The van der Waals surface area contributed by atoms with Crippen molar-refractivity contribution in [1.29, 1.82) is 0 Å². The van der Waals surface area contributed by atoms with Gasteiger partial charge in [0, 0.05) is 18.2 Å². The molecule has 7 heteroatoms. The van der Waals surface area contributed by atoms with E-state index in [0.29, 0.717) is 29.2 Å². The van der Waals surface area contributed by atoms with Crippen molar-refractivity contribution in [2.45, 2.75) is 32.2 Å². The Bertz CT molecular complexity index is 843. The van der Waals surface area contributed by atoms with Gasteiger partial charge in [0.25, 0.3) is 5.91 Å². The molecule has 1 aliphatic rings. The number of nitrogens with one attached hydrogen (secondary N) is 1. The molecular weight excluding hydrogens is 320 g/mol. The van der Waals surface area contributed by atoms with E-state index in [2.05, 4.69) is 28.9 Å². The Labute approximate surface area is 145 Å². The highest BCUT2D eigenvalue weighted by Crippen LogP contribution is 2.33. The van der Waals surface area contributed by atoms with Crippen molar-refractivity contribution < 1.29 is 13.7 Å². The minimum absolute atomic E-state index is 0.192. The summed E-state index contributed by atoms with van der Waals surface area (Å²) in [4.78, 5) is 12.3. The van der Waals surface area contributed by atoms with Gasteiger partial charge in [0.1, 0.15) is 0 Å². The SMILES string of the molecule is CC(C1C[CH+]CC1)n1cc(NC(=O)c2cc(-c3ccco3)on2)cn1. The zero-order chi connectivity index (χ0) is 17.2. The van der Waals surface area contributed by atoms with Crippen molar-refractivity contribution in [2.75, 3.05) is 5.32 Å².